The first-order chi connectivity index (χ1) is 17.2. The van der Waals surface area contributed by atoms with Crippen molar-refractivity contribution in [1.82, 2.24) is 0 Å². The van der Waals surface area contributed by atoms with Crippen LogP contribution >= 0.6 is 23.2 Å². The van der Waals surface area contributed by atoms with Gasteiger partial charge in [-0.2, -0.15) is 17.6 Å². The quantitative estimate of drug-likeness (QED) is 0.111. The maximum absolute atomic E-state index is 13.4. The van der Waals surface area contributed by atoms with Crippen LogP contribution in [0.25, 0.3) is 22.3 Å². The Morgan fingerprint density at radius 3 is 1.03 bits per heavy atom. The predicted octanol–water partition coefficient (Wildman–Crippen LogP) is 7.72. The van der Waals surface area contributed by atoms with Crippen molar-refractivity contribution in [3.8, 4) is 33.8 Å². The first-order valence-electron chi connectivity index (χ1n) is 10.6. The molecule has 4 aromatic rings. The molecule has 0 unspecified atom stereocenters. The number of ether oxygens (including phenoxy) is 1. The fourth-order valence-corrected chi connectivity index (χ4v) is 4.10. The van der Waals surface area contributed by atoms with Crippen LogP contribution in [0.2, 0.25) is 0 Å². The van der Waals surface area contributed by atoms with E-state index in [1.165, 1.54) is 0 Å². The molecule has 0 aromatic heterocycles. The van der Waals surface area contributed by atoms with Crippen molar-refractivity contribution in [2.24, 2.45) is 0 Å². The van der Waals surface area contributed by atoms with Crippen LogP contribution in [0.3, 0.4) is 0 Å². The molecule has 5 nitrogen and oxygen atoms in total. The zero-order chi connectivity index (χ0) is 27.1. The third-order valence-electron chi connectivity index (χ3n) is 5.58. The van der Waals surface area contributed by atoms with Gasteiger partial charge in [-0.1, -0.05) is 24.3 Å². The number of alkyl halides is 6. The molecule has 192 valence electrons. The molecule has 0 aliphatic heterocycles. The summed E-state index contributed by atoms with van der Waals surface area (Å²) >= 11 is 10.2. The van der Waals surface area contributed by atoms with E-state index in [1.807, 2.05) is 0 Å². The van der Waals surface area contributed by atoms with E-state index in [0.29, 0.717) is 33.8 Å². The number of hydrogen-bond acceptors (Lipinski definition) is 5. The summed E-state index contributed by atoms with van der Waals surface area (Å²) < 4.78 is 59.5. The lowest BCUT2D eigenvalue weighted by atomic mass is 9.99. The summed E-state index contributed by atoms with van der Waals surface area (Å²) in [6.07, 6.45) is 0. The molecule has 0 bridgehead atoms. The molecule has 37 heavy (non-hydrogen) atoms. The first-order valence-corrected chi connectivity index (χ1v) is 11.4. The zero-order valence-electron chi connectivity index (χ0n) is 18.9. The van der Waals surface area contributed by atoms with Gasteiger partial charge in [-0.3, -0.25) is 0 Å². The molecule has 8 N–H and O–H groups in total. The summed E-state index contributed by atoms with van der Waals surface area (Å²) in [6.45, 7) is 0. The number of benzene rings is 4. The van der Waals surface area contributed by atoms with Crippen LogP contribution in [-0.2, 0) is 10.8 Å². The van der Waals surface area contributed by atoms with Gasteiger partial charge in [0.15, 0.2) is 0 Å². The van der Waals surface area contributed by atoms with Crippen molar-refractivity contribution in [1.29, 1.82) is 0 Å². The smallest absolute Gasteiger partial charge is 0.348 e. The number of anilines is 4. The molecule has 0 aliphatic carbocycles. The van der Waals surface area contributed by atoms with Gasteiger partial charge in [0.05, 0.1) is 0 Å². The Morgan fingerprint density at radius 2 is 0.784 bits per heavy atom. The average Bonchev–Trinajstić information content (AvgIpc) is 2.79. The van der Waals surface area contributed by atoms with E-state index < -0.39 is 21.9 Å². The van der Waals surface area contributed by atoms with E-state index in [-0.39, 0.29) is 22.7 Å². The van der Waals surface area contributed by atoms with E-state index in [0.717, 1.165) is 24.3 Å². The topological polar surface area (TPSA) is 113 Å². The van der Waals surface area contributed by atoms with Gasteiger partial charge in [0, 0.05) is 45.0 Å². The Kier molecular flexibility index (Phi) is 6.79. The molecule has 11 heteroatoms. The molecule has 0 aliphatic rings. The maximum Gasteiger partial charge on any atom is 0.348 e. The van der Waals surface area contributed by atoms with Crippen LogP contribution in [0.5, 0.6) is 11.5 Å². The molecule has 0 spiro atoms. The average molecular weight is 551 g/mol. The zero-order valence-corrected chi connectivity index (χ0v) is 20.4. The highest BCUT2D eigenvalue weighted by Gasteiger charge is 2.30. The van der Waals surface area contributed by atoms with Crippen LogP contribution < -0.4 is 27.7 Å². The molecule has 0 saturated carbocycles. The van der Waals surface area contributed by atoms with Crippen molar-refractivity contribution in [2.45, 2.75) is 10.8 Å². The van der Waals surface area contributed by atoms with E-state index in [1.54, 1.807) is 48.5 Å². The molecule has 0 radical (unpaired) electrons. The highest BCUT2D eigenvalue weighted by Crippen LogP contribution is 2.42. The van der Waals surface area contributed by atoms with E-state index in [2.05, 4.69) is 0 Å². The third-order valence-corrected chi connectivity index (χ3v) is 6.01. The molecule has 4 rings (SSSR count). The van der Waals surface area contributed by atoms with E-state index in [4.69, 9.17) is 50.9 Å². The summed E-state index contributed by atoms with van der Waals surface area (Å²) in [5.41, 5.74) is 25.1. The Hall–Kier alpha value is -3.82. The van der Waals surface area contributed by atoms with Crippen LogP contribution in [-0.4, -0.2) is 0 Å². The summed E-state index contributed by atoms with van der Waals surface area (Å²) in [5, 5.41) is -7.18. The van der Waals surface area contributed by atoms with E-state index >= 15 is 0 Å². The summed E-state index contributed by atoms with van der Waals surface area (Å²) in [5.74, 6) is 0.954. The van der Waals surface area contributed by atoms with Gasteiger partial charge in [0.2, 0.25) is 0 Å². The minimum Gasteiger partial charge on any atom is -0.457 e. The highest BCUT2D eigenvalue weighted by atomic mass is 35.5. The summed E-state index contributed by atoms with van der Waals surface area (Å²) in [4.78, 5) is 0. The monoisotopic (exact) mass is 550 g/mol. The van der Waals surface area contributed by atoms with Crippen LogP contribution in [0.4, 0.5) is 40.3 Å². The largest absolute Gasteiger partial charge is 0.457 e. The maximum atomic E-state index is 13.4. The van der Waals surface area contributed by atoms with Gasteiger partial charge in [-0.15, -0.1) is 0 Å². The second-order valence-corrected chi connectivity index (χ2v) is 9.16. The van der Waals surface area contributed by atoms with Crippen molar-refractivity contribution in [3.05, 3.63) is 83.9 Å². The van der Waals surface area contributed by atoms with Gasteiger partial charge in [0.1, 0.15) is 11.5 Å². The molecule has 4 aromatic carbocycles. The lowest BCUT2D eigenvalue weighted by molar-refractivity contribution is 0.0947. The minimum atomic E-state index is -3.59. The Morgan fingerprint density at radius 1 is 0.514 bits per heavy atom. The third kappa shape index (κ3) is 5.63. The number of nitrogens with two attached hydrogens (primary N) is 4. The second kappa shape index (κ2) is 9.57. The SMILES string of the molecule is Nc1cc(C(F)(F)Cl)cc(N)c1-c1ccc(Oc2ccc(-c3c(N)cc(C(F)(F)Cl)cc3N)cc2)cc1. The van der Waals surface area contributed by atoms with Crippen LogP contribution in [0, 0.1) is 0 Å². The molecule has 0 saturated heterocycles. The lowest BCUT2D eigenvalue weighted by Gasteiger charge is -2.16. The number of hydrogen-bond donors (Lipinski definition) is 4. The van der Waals surface area contributed by atoms with Crippen LogP contribution in [0.15, 0.2) is 72.8 Å². The number of rotatable bonds is 6. The highest BCUT2D eigenvalue weighted by molar-refractivity contribution is 6.22. The minimum absolute atomic E-state index is 0.0564. The van der Waals surface area contributed by atoms with Crippen molar-refractivity contribution >= 4 is 46.0 Å². The molecular weight excluding hydrogens is 531 g/mol. The predicted molar refractivity (Wildman–Crippen MR) is 141 cm³/mol. The van der Waals surface area contributed by atoms with Gasteiger partial charge in [-0.25, -0.2) is 0 Å². The van der Waals surface area contributed by atoms with Crippen molar-refractivity contribution in [2.75, 3.05) is 22.9 Å². The second-order valence-electron chi connectivity index (χ2n) is 8.21. The van der Waals surface area contributed by atoms with Gasteiger partial charge < -0.3 is 27.7 Å². The summed E-state index contributed by atoms with van der Waals surface area (Å²) in [7, 11) is 0. The fraction of sp³-hybridized carbons (Fsp3) is 0.0769. The van der Waals surface area contributed by atoms with Crippen LogP contribution in [0.1, 0.15) is 11.1 Å². The number of halogens is 6. The molecule has 0 heterocycles. The van der Waals surface area contributed by atoms with Gasteiger partial charge in [-0.05, 0) is 82.9 Å². The standard InChI is InChI=1S/C26H20Cl2F4N4O/c27-25(29,30)15-9-19(33)23(20(34)10-15)13-1-5-17(6-2-13)37-18-7-3-14(4-8-18)24-21(35)11-16(12-22(24)36)26(28,31)32/h1-12H,33-36H2. The van der Waals surface area contributed by atoms with Gasteiger partial charge in [0.25, 0.3) is 0 Å². The van der Waals surface area contributed by atoms with Crippen molar-refractivity contribution in [3.63, 3.8) is 0 Å². The van der Waals surface area contributed by atoms with Crippen molar-refractivity contribution < 1.29 is 22.3 Å². The first kappa shape index (κ1) is 26.2. The molecular formula is C26H20Cl2F4N4O. The lowest BCUT2D eigenvalue weighted by Crippen LogP contribution is -2.07. The Labute approximate surface area is 219 Å². The molecule has 0 amide bonds. The Bertz CT molecular complexity index is 1290. The number of nitrogen functional groups attached to an aromatic ring is 4. The fourth-order valence-electron chi connectivity index (χ4n) is 3.88. The van der Waals surface area contributed by atoms with Gasteiger partial charge >= 0.3 is 10.8 Å². The van der Waals surface area contributed by atoms with E-state index in [9.17, 15) is 17.6 Å². The molecule has 0 atom stereocenters. The normalized spacial score (nSPS) is 11.9. The Balaban J connectivity index is 1.54. The molecule has 0 fully saturated rings. The summed E-state index contributed by atoms with van der Waals surface area (Å²) in [6, 6.07) is 17.7.